The summed E-state index contributed by atoms with van der Waals surface area (Å²) >= 11 is 5.59. The lowest BCUT2D eigenvalue weighted by molar-refractivity contribution is 0.346. The van der Waals surface area contributed by atoms with Crippen molar-refractivity contribution >= 4 is 11.6 Å². The van der Waals surface area contributed by atoms with Crippen molar-refractivity contribution in [2.24, 2.45) is 0 Å². The molecule has 0 aliphatic heterocycles. The van der Waals surface area contributed by atoms with E-state index in [1.54, 1.807) is 0 Å². The zero-order valence-electron chi connectivity index (χ0n) is 6.70. The Morgan fingerprint density at radius 2 is 2.42 bits per heavy atom. The zero-order chi connectivity index (χ0) is 8.81. The molecule has 0 atom stereocenters. The van der Waals surface area contributed by atoms with E-state index in [1.165, 1.54) is 12.4 Å². The molecule has 1 aromatic rings. The van der Waals surface area contributed by atoms with Crippen LogP contribution in [0.25, 0.3) is 0 Å². The summed E-state index contributed by atoms with van der Waals surface area (Å²) in [5, 5.41) is 0.341. The van der Waals surface area contributed by atoms with Gasteiger partial charge in [-0.05, 0) is 6.92 Å². The third-order valence-electron chi connectivity index (χ3n) is 1.15. The molecule has 0 aliphatic rings. The van der Waals surface area contributed by atoms with E-state index < -0.39 is 0 Å². The molecule has 0 N–H and O–H groups in total. The predicted molar refractivity (Wildman–Crippen MR) is 47.4 cm³/mol. The summed E-state index contributed by atoms with van der Waals surface area (Å²) in [4.78, 5) is 7.71. The molecule has 4 heteroatoms. The minimum absolute atomic E-state index is 0.341. The lowest BCUT2D eigenvalue weighted by Crippen LogP contribution is -1.96. The summed E-state index contributed by atoms with van der Waals surface area (Å²) < 4.78 is 5.18. The number of allylic oxidation sites excluding steroid dienone is 1. The average Bonchev–Trinajstić information content (AvgIpc) is 2.05. The first kappa shape index (κ1) is 9.00. The summed E-state index contributed by atoms with van der Waals surface area (Å²) in [6.07, 6.45) is 6.76. The molecule has 1 heterocycles. The first-order valence-corrected chi connectivity index (χ1v) is 3.92. The van der Waals surface area contributed by atoms with Gasteiger partial charge in [0.05, 0.1) is 12.4 Å². The van der Waals surface area contributed by atoms with Crippen LogP contribution in [0.5, 0.6) is 5.88 Å². The standard InChI is InChI=1S/C8H9ClN2O/c1-2-3-4-12-8-6-10-5-7(9)11-8/h2-3,5-6H,4H2,1H3/b3-2+. The van der Waals surface area contributed by atoms with Crippen LogP contribution in [0.15, 0.2) is 24.5 Å². The van der Waals surface area contributed by atoms with E-state index in [4.69, 9.17) is 16.3 Å². The summed E-state index contributed by atoms with van der Waals surface area (Å²) in [6, 6.07) is 0. The molecule has 1 rings (SSSR count). The molecule has 0 radical (unpaired) electrons. The molecule has 0 saturated heterocycles. The quantitative estimate of drug-likeness (QED) is 0.675. The molecule has 0 spiro atoms. The Kier molecular flexibility index (Phi) is 3.54. The second-order valence-electron chi connectivity index (χ2n) is 2.06. The van der Waals surface area contributed by atoms with Gasteiger partial charge in [0.25, 0.3) is 0 Å². The Hall–Kier alpha value is -1.09. The van der Waals surface area contributed by atoms with E-state index in [0.717, 1.165) is 0 Å². The van der Waals surface area contributed by atoms with Gasteiger partial charge in [0.15, 0.2) is 5.15 Å². The van der Waals surface area contributed by atoms with Crippen molar-refractivity contribution in [3.05, 3.63) is 29.7 Å². The Morgan fingerprint density at radius 3 is 3.08 bits per heavy atom. The van der Waals surface area contributed by atoms with Gasteiger partial charge in [0.2, 0.25) is 5.88 Å². The highest BCUT2D eigenvalue weighted by Crippen LogP contribution is 2.08. The Bertz CT molecular complexity index is 276. The fourth-order valence-electron chi connectivity index (χ4n) is 0.625. The lowest BCUT2D eigenvalue weighted by Gasteiger charge is -1.99. The predicted octanol–water partition coefficient (Wildman–Crippen LogP) is 2.08. The van der Waals surface area contributed by atoms with Gasteiger partial charge in [0.1, 0.15) is 6.61 Å². The van der Waals surface area contributed by atoms with Crippen LogP contribution in [0.2, 0.25) is 5.15 Å². The largest absolute Gasteiger partial charge is 0.472 e. The molecule has 0 amide bonds. The van der Waals surface area contributed by atoms with Crippen LogP contribution in [0.3, 0.4) is 0 Å². The van der Waals surface area contributed by atoms with Crippen LogP contribution >= 0.6 is 11.6 Å². The van der Waals surface area contributed by atoms with E-state index in [2.05, 4.69) is 9.97 Å². The van der Waals surface area contributed by atoms with Gasteiger partial charge < -0.3 is 4.74 Å². The van der Waals surface area contributed by atoms with Crippen LogP contribution in [0.4, 0.5) is 0 Å². The number of hydrogen-bond acceptors (Lipinski definition) is 3. The highest BCUT2D eigenvalue weighted by molar-refractivity contribution is 6.29. The maximum Gasteiger partial charge on any atom is 0.234 e. The van der Waals surface area contributed by atoms with Crippen molar-refractivity contribution < 1.29 is 4.74 Å². The number of rotatable bonds is 3. The Morgan fingerprint density at radius 1 is 1.58 bits per heavy atom. The molecule has 1 aromatic heterocycles. The Labute approximate surface area is 76.1 Å². The first-order valence-electron chi connectivity index (χ1n) is 3.54. The normalized spacial score (nSPS) is 10.5. The third-order valence-corrected chi connectivity index (χ3v) is 1.33. The van der Waals surface area contributed by atoms with Crippen molar-refractivity contribution in [1.29, 1.82) is 0 Å². The van der Waals surface area contributed by atoms with Crippen molar-refractivity contribution in [1.82, 2.24) is 9.97 Å². The zero-order valence-corrected chi connectivity index (χ0v) is 7.45. The summed E-state index contributed by atoms with van der Waals surface area (Å²) in [7, 11) is 0. The van der Waals surface area contributed by atoms with Gasteiger partial charge in [0, 0.05) is 0 Å². The van der Waals surface area contributed by atoms with Gasteiger partial charge in [-0.2, -0.15) is 4.98 Å². The fraction of sp³-hybridized carbons (Fsp3) is 0.250. The second kappa shape index (κ2) is 4.72. The van der Waals surface area contributed by atoms with Crippen LogP contribution in [-0.4, -0.2) is 16.6 Å². The van der Waals surface area contributed by atoms with Gasteiger partial charge >= 0.3 is 0 Å². The topological polar surface area (TPSA) is 35.0 Å². The second-order valence-corrected chi connectivity index (χ2v) is 2.45. The highest BCUT2D eigenvalue weighted by atomic mass is 35.5. The van der Waals surface area contributed by atoms with Crippen molar-refractivity contribution in [2.75, 3.05) is 6.61 Å². The molecule has 12 heavy (non-hydrogen) atoms. The van der Waals surface area contributed by atoms with Crippen LogP contribution in [0.1, 0.15) is 6.92 Å². The summed E-state index contributed by atoms with van der Waals surface area (Å²) in [5.41, 5.74) is 0. The third kappa shape index (κ3) is 2.88. The Balaban J connectivity index is 2.52. The molecular formula is C8H9ClN2O. The minimum atomic E-state index is 0.341. The minimum Gasteiger partial charge on any atom is -0.472 e. The van der Waals surface area contributed by atoms with E-state index in [9.17, 15) is 0 Å². The summed E-state index contributed by atoms with van der Waals surface area (Å²) in [6.45, 7) is 2.42. The van der Waals surface area contributed by atoms with Crippen LogP contribution < -0.4 is 4.74 Å². The average molecular weight is 185 g/mol. The van der Waals surface area contributed by atoms with E-state index in [-0.39, 0.29) is 0 Å². The molecule has 0 fully saturated rings. The molecule has 0 unspecified atom stereocenters. The van der Waals surface area contributed by atoms with Crippen molar-refractivity contribution in [3.63, 3.8) is 0 Å². The van der Waals surface area contributed by atoms with Crippen LogP contribution in [0, 0.1) is 0 Å². The number of aromatic nitrogens is 2. The van der Waals surface area contributed by atoms with Crippen molar-refractivity contribution in [2.45, 2.75) is 6.92 Å². The van der Waals surface area contributed by atoms with Gasteiger partial charge in [-0.25, -0.2) is 0 Å². The molecular weight excluding hydrogens is 176 g/mol. The van der Waals surface area contributed by atoms with E-state index in [0.29, 0.717) is 17.6 Å². The lowest BCUT2D eigenvalue weighted by atomic mass is 10.5. The number of ether oxygens (including phenoxy) is 1. The van der Waals surface area contributed by atoms with Gasteiger partial charge in [-0.1, -0.05) is 23.8 Å². The number of halogens is 1. The van der Waals surface area contributed by atoms with Crippen molar-refractivity contribution in [3.8, 4) is 5.88 Å². The molecule has 64 valence electrons. The number of nitrogens with zero attached hydrogens (tertiary/aromatic N) is 2. The molecule has 3 nitrogen and oxygen atoms in total. The van der Waals surface area contributed by atoms with Gasteiger partial charge in [-0.3, -0.25) is 4.98 Å². The maximum absolute atomic E-state index is 5.59. The SMILES string of the molecule is C/C=C/COc1cncc(Cl)n1. The van der Waals surface area contributed by atoms with Crippen LogP contribution in [-0.2, 0) is 0 Å². The first-order chi connectivity index (χ1) is 5.83. The molecule has 0 aliphatic carbocycles. The van der Waals surface area contributed by atoms with E-state index >= 15 is 0 Å². The fourth-order valence-corrected chi connectivity index (χ4v) is 0.764. The summed E-state index contributed by atoms with van der Waals surface area (Å²) in [5.74, 6) is 0.445. The number of hydrogen-bond donors (Lipinski definition) is 0. The maximum atomic E-state index is 5.59. The molecule has 0 bridgehead atoms. The smallest absolute Gasteiger partial charge is 0.234 e. The monoisotopic (exact) mass is 184 g/mol. The van der Waals surface area contributed by atoms with E-state index in [1.807, 2.05) is 19.1 Å². The molecule has 0 saturated carbocycles. The molecule has 0 aromatic carbocycles. The highest BCUT2D eigenvalue weighted by Gasteiger charge is 1.94. The van der Waals surface area contributed by atoms with Gasteiger partial charge in [-0.15, -0.1) is 0 Å².